The Kier molecular flexibility index (Phi) is 5.97. The van der Waals surface area contributed by atoms with Crippen LogP contribution in [0.25, 0.3) is 22.6 Å². The zero-order chi connectivity index (χ0) is 27.4. The number of benzene rings is 1. The molecule has 198 valence electrons. The van der Waals surface area contributed by atoms with Gasteiger partial charge in [-0.05, 0) is 43.7 Å². The Morgan fingerprint density at radius 1 is 1.13 bits per heavy atom. The highest BCUT2D eigenvalue weighted by atomic mass is 19.4. The second kappa shape index (κ2) is 8.94. The van der Waals surface area contributed by atoms with E-state index in [2.05, 4.69) is 25.6 Å². The topological polar surface area (TPSA) is 114 Å². The van der Waals surface area contributed by atoms with Crippen molar-refractivity contribution in [3.05, 3.63) is 59.5 Å². The van der Waals surface area contributed by atoms with Crippen molar-refractivity contribution in [2.75, 3.05) is 16.8 Å². The van der Waals surface area contributed by atoms with E-state index < -0.39 is 23.2 Å². The minimum Gasteiger partial charge on any atom is -0.389 e. The number of nitrogens with zero attached hydrogens (tertiary/aromatic N) is 7. The summed E-state index contributed by atoms with van der Waals surface area (Å²) in [6, 6.07) is 6.94. The van der Waals surface area contributed by atoms with Gasteiger partial charge in [0, 0.05) is 31.8 Å². The molecule has 1 aliphatic heterocycles. The predicted molar refractivity (Wildman–Crippen MR) is 133 cm³/mol. The van der Waals surface area contributed by atoms with Gasteiger partial charge in [0.1, 0.15) is 18.0 Å². The molecule has 0 saturated heterocycles. The van der Waals surface area contributed by atoms with E-state index in [0.717, 1.165) is 6.07 Å². The number of hydrogen-bond donors (Lipinski definition) is 2. The highest BCUT2D eigenvalue weighted by Crippen LogP contribution is 2.40. The highest BCUT2D eigenvalue weighted by molar-refractivity contribution is 6.10. The average Bonchev–Trinajstić information content (AvgIpc) is 3.53. The number of carbonyl (C=O) groups excluding carboxylic acids is 1. The van der Waals surface area contributed by atoms with Gasteiger partial charge in [-0.25, -0.2) is 4.98 Å². The maximum absolute atomic E-state index is 13.7. The summed E-state index contributed by atoms with van der Waals surface area (Å²) in [5.74, 6) is 0.449. The average molecular weight is 527 g/mol. The van der Waals surface area contributed by atoms with Crippen LogP contribution in [0.1, 0.15) is 35.3 Å². The minimum absolute atomic E-state index is 0.0154. The van der Waals surface area contributed by atoms with Crippen LogP contribution in [-0.2, 0) is 26.8 Å². The van der Waals surface area contributed by atoms with Gasteiger partial charge in [-0.2, -0.15) is 18.3 Å². The molecule has 5 rings (SSSR count). The number of amides is 1. The Bertz CT molecular complexity index is 1530. The number of rotatable bonds is 6. The molecule has 10 nitrogen and oxygen atoms in total. The standard InChI is InChI=1S/C25H25F3N8O2/c1-24(2,38)12-29-19-8-14(21-16(10-31-35(21)4)22-33-30-13-34(22)3)9-20(32-19)36-11-17-15(23(36)37)6-5-7-18(17)25(26,27)28/h5-10,13,38H,11-12H2,1-4H3,(H,29,32). The first-order valence-electron chi connectivity index (χ1n) is 11.7. The van der Waals surface area contributed by atoms with Crippen LogP contribution in [0.3, 0.4) is 0 Å². The first-order chi connectivity index (χ1) is 17.8. The van der Waals surface area contributed by atoms with Crippen molar-refractivity contribution >= 4 is 17.5 Å². The van der Waals surface area contributed by atoms with Crippen molar-refractivity contribution in [3.8, 4) is 22.6 Å². The first kappa shape index (κ1) is 25.4. The fourth-order valence-electron chi connectivity index (χ4n) is 4.44. The number of aromatic nitrogens is 6. The number of fused-ring (bicyclic) bond motifs is 1. The largest absolute Gasteiger partial charge is 0.416 e. The van der Waals surface area contributed by atoms with Gasteiger partial charge in [-0.15, -0.1) is 10.2 Å². The van der Waals surface area contributed by atoms with Gasteiger partial charge in [0.25, 0.3) is 5.91 Å². The van der Waals surface area contributed by atoms with Crippen LogP contribution < -0.4 is 10.2 Å². The third kappa shape index (κ3) is 4.60. The van der Waals surface area contributed by atoms with E-state index in [9.17, 15) is 23.1 Å². The van der Waals surface area contributed by atoms with Gasteiger partial charge in [0.2, 0.25) is 0 Å². The van der Waals surface area contributed by atoms with Crippen molar-refractivity contribution < 1.29 is 23.1 Å². The summed E-state index contributed by atoms with van der Waals surface area (Å²) >= 11 is 0. The second-order valence-corrected chi connectivity index (χ2v) is 9.78. The molecule has 1 aromatic carbocycles. The Morgan fingerprint density at radius 3 is 2.55 bits per heavy atom. The molecule has 1 amide bonds. The fraction of sp³-hybridized carbons (Fsp3) is 0.320. The molecule has 4 heterocycles. The summed E-state index contributed by atoms with van der Waals surface area (Å²) in [6.45, 7) is 3.10. The molecule has 38 heavy (non-hydrogen) atoms. The van der Waals surface area contributed by atoms with Crippen molar-refractivity contribution in [1.29, 1.82) is 0 Å². The number of aryl methyl sites for hydroxylation is 2. The van der Waals surface area contributed by atoms with Crippen molar-refractivity contribution in [3.63, 3.8) is 0 Å². The van der Waals surface area contributed by atoms with Crippen LogP contribution in [0.2, 0.25) is 0 Å². The van der Waals surface area contributed by atoms with Crippen LogP contribution in [0, 0.1) is 0 Å². The lowest BCUT2D eigenvalue weighted by Gasteiger charge is -2.21. The number of carbonyl (C=O) groups is 1. The van der Waals surface area contributed by atoms with Crippen LogP contribution in [0.4, 0.5) is 24.8 Å². The van der Waals surface area contributed by atoms with Gasteiger partial charge >= 0.3 is 6.18 Å². The summed E-state index contributed by atoms with van der Waals surface area (Å²) < 4.78 is 44.4. The number of pyridine rings is 1. The maximum atomic E-state index is 13.7. The fourth-order valence-corrected chi connectivity index (χ4v) is 4.44. The molecule has 2 N–H and O–H groups in total. The Balaban J connectivity index is 1.63. The Labute approximate surface area is 215 Å². The van der Waals surface area contributed by atoms with Gasteiger partial charge in [0.15, 0.2) is 5.82 Å². The molecule has 0 spiro atoms. The number of hydrogen-bond acceptors (Lipinski definition) is 7. The van der Waals surface area contributed by atoms with Crippen LogP contribution in [-0.4, -0.2) is 52.7 Å². The third-order valence-corrected chi connectivity index (χ3v) is 6.23. The molecule has 0 aliphatic carbocycles. The summed E-state index contributed by atoms with van der Waals surface area (Å²) in [7, 11) is 3.53. The van der Waals surface area contributed by atoms with E-state index in [-0.39, 0.29) is 30.0 Å². The number of anilines is 2. The van der Waals surface area contributed by atoms with Crippen molar-refractivity contribution in [2.45, 2.75) is 32.2 Å². The summed E-state index contributed by atoms with van der Waals surface area (Å²) in [5, 5.41) is 25.8. The molecule has 0 unspecified atom stereocenters. The van der Waals surface area contributed by atoms with E-state index in [1.807, 2.05) is 0 Å². The monoisotopic (exact) mass is 526 g/mol. The number of alkyl halides is 3. The van der Waals surface area contributed by atoms with Crippen molar-refractivity contribution in [1.82, 2.24) is 29.5 Å². The first-order valence-corrected chi connectivity index (χ1v) is 11.7. The molecular weight excluding hydrogens is 501 g/mol. The highest BCUT2D eigenvalue weighted by Gasteiger charge is 2.40. The molecule has 1 aliphatic rings. The zero-order valence-electron chi connectivity index (χ0n) is 21.1. The maximum Gasteiger partial charge on any atom is 0.416 e. The quantitative estimate of drug-likeness (QED) is 0.394. The Hall–Kier alpha value is -4.26. The SMILES string of the molecule is Cn1cnnc1-c1cnn(C)c1-c1cc(NCC(C)(C)O)nc(N2Cc3c(cccc3C(F)(F)F)C2=O)c1. The molecule has 3 aromatic heterocycles. The normalized spacial score (nSPS) is 13.8. The summed E-state index contributed by atoms with van der Waals surface area (Å²) in [4.78, 5) is 19.0. The predicted octanol–water partition coefficient (Wildman–Crippen LogP) is 3.64. The lowest BCUT2D eigenvalue weighted by molar-refractivity contribution is -0.138. The van der Waals surface area contributed by atoms with Crippen molar-refractivity contribution in [2.24, 2.45) is 14.1 Å². The number of nitrogens with one attached hydrogen (secondary N) is 1. The van der Waals surface area contributed by atoms with Gasteiger partial charge in [-0.3, -0.25) is 14.4 Å². The molecule has 0 fully saturated rings. The van der Waals surface area contributed by atoms with Crippen LogP contribution in [0.15, 0.2) is 42.9 Å². The third-order valence-electron chi connectivity index (χ3n) is 6.23. The van der Waals surface area contributed by atoms with Gasteiger partial charge in [-0.1, -0.05) is 6.07 Å². The number of halogens is 3. The summed E-state index contributed by atoms with van der Waals surface area (Å²) in [6.07, 6.45) is -1.41. The molecule has 13 heteroatoms. The number of aliphatic hydroxyl groups is 1. The molecule has 4 aromatic rings. The molecule has 0 saturated carbocycles. The van der Waals surface area contributed by atoms with Crippen LogP contribution >= 0.6 is 0 Å². The van der Waals surface area contributed by atoms with E-state index >= 15 is 0 Å². The minimum atomic E-state index is -4.60. The molecular formula is C25H25F3N8O2. The Morgan fingerprint density at radius 2 is 1.89 bits per heavy atom. The molecule has 0 radical (unpaired) electrons. The van der Waals surface area contributed by atoms with E-state index in [1.54, 1.807) is 61.8 Å². The zero-order valence-corrected chi connectivity index (χ0v) is 21.1. The lowest BCUT2D eigenvalue weighted by Crippen LogP contribution is -2.30. The lowest BCUT2D eigenvalue weighted by atomic mass is 10.0. The van der Waals surface area contributed by atoms with E-state index in [1.165, 1.54) is 17.0 Å². The van der Waals surface area contributed by atoms with Gasteiger partial charge < -0.3 is 15.0 Å². The molecule has 0 bridgehead atoms. The van der Waals surface area contributed by atoms with Crippen LogP contribution in [0.5, 0.6) is 0 Å². The molecule has 0 atom stereocenters. The van der Waals surface area contributed by atoms with E-state index in [0.29, 0.717) is 28.5 Å². The summed E-state index contributed by atoms with van der Waals surface area (Å²) in [5.41, 5.74) is -0.147. The second-order valence-electron chi connectivity index (χ2n) is 9.78. The van der Waals surface area contributed by atoms with E-state index in [4.69, 9.17) is 0 Å². The van der Waals surface area contributed by atoms with Gasteiger partial charge in [0.05, 0.1) is 35.2 Å². The smallest absolute Gasteiger partial charge is 0.389 e.